The molecular formula is C19H20N2O6. The van der Waals surface area contributed by atoms with Crippen LogP contribution in [-0.4, -0.2) is 38.7 Å². The van der Waals surface area contributed by atoms with Crippen LogP contribution in [0.25, 0.3) is 0 Å². The Bertz CT molecular complexity index is 785. The lowest BCUT2D eigenvalue weighted by Crippen LogP contribution is -2.41. The van der Waals surface area contributed by atoms with Crippen molar-refractivity contribution in [2.45, 2.75) is 6.54 Å². The average molecular weight is 372 g/mol. The fraction of sp³-hybridized carbons (Fsp3) is 0.211. The van der Waals surface area contributed by atoms with Gasteiger partial charge < -0.3 is 19.5 Å². The van der Waals surface area contributed by atoms with Gasteiger partial charge in [-0.1, -0.05) is 36.4 Å². The van der Waals surface area contributed by atoms with Crippen molar-refractivity contribution in [1.29, 1.82) is 0 Å². The highest BCUT2D eigenvalue weighted by atomic mass is 16.5. The first-order chi connectivity index (χ1) is 13.0. The summed E-state index contributed by atoms with van der Waals surface area (Å²) in [6.45, 7) is -0.364. The number of benzene rings is 2. The fourth-order valence-electron chi connectivity index (χ4n) is 2.24. The molecule has 0 aliphatic rings. The van der Waals surface area contributed by atoms with Gasteiger partial charge in [0.25, 0.3) is 5.91 Å². The van der Waals surface area contributed by atoms with E-state index in [0.29, 0.717) is 0 Å². The average Bonchev–Trinajstić information content (AvgIpc) is 2.70. The quantitative estimate of drug-likeness (QED) is 0.720. The first kappa shape index (κ1) is 19.8. The summed E-state index contributed by atoms with van der Waals surface area (Å²) in [7, 11) is 2.80. The van der Waals surface area contributed by atoms with Gasteiger partial charge in [-0.25, -0.2) is 9.59 Å². The van der Waals surface area contributed by atoms with Gasteiger partial charge in [0.2, 0.25) is 0 Å². The van der Waals surface area contributed by atoms with Crippen molar-refractivity contribution in [2.24, 2.45) is 0 Å². The Balaban J connectivity index is 1.85. The van der Waals surface area contributed by atoms with Crippen LogP contribution in [-0.2, 0) is 16.1 Å². The molecule has 8 heteroatoms. The normalized spacial score (nSPS) is 9.85. The van der Waals surface area contributed by atoms with E-state index < -0.39 is 24.5 Å². The molecule has 0 fully saturated rings. The predicted molar refractivity (Wildman–Crippen MR) is 96.6 cm³/mol. The SMILES string of the molecule is COc1cccc(OC)c1C(=O)OCC(=O)NC(=O)NCc1ccccc1. The molecule has 0 atom stereocenters. The maximum absolute atomic E-state index is 12.2. The zero-order valence-electron chi connectivity index (χ0n) is 15.0. The van der Waals surface area contributed by atoms with Crippen molar-refractivity contribution >= 4 is 17.9 Å². The molecule has 0 bridgehead atoms. The van der Waals surface area contributed by atoms with Crippen molar-refractivity contribution in [3.63, 3.8) is 0 Å². The molecule has 0 radical (unpaired) electrons. The number of imide groups is 1. The van der Waals surface area contributed by atoms with E-state index in [0.717, 1.165) is 5.56 Å². The molecular weight excluding hydrogens is 352 g/mol. The van der Waals surface area contributed by atoms with Gasteiger partial charge in [-0.05, 0) is 17.7 Å². The molecule has 0 saturated heterocycles. The van der Waals surface area contributed by atoms with E-state index in [1.165, 1.54) is 14.2 Å². The number of methoxy groups -OCH3 is 2. The molecule has 2 aromatic carbocycles. The van der Waals surface area contributed by atoms with Crippen molar-refractivity contribution in [3.05, 3.63) is 59.7 Å². The summed E-state index contributed by atoms with van der Waals surface area (Å²) >= 11 is 0. The van der Waals surface area contributed by atoms with E-state index in [1.54, 1.807) is 18.2 Å². The molecule has 0 saturated carbocycles. The topological polar surface area (TPSA) is 103 Å². The monoisotopic (exact) mass is 372 g/mol. The second-order valence-electron chi connectivity index (χ2n) is 5.33. The number of nitrogens with one attached hydrogen (secondary N) is 2. The van der Waals surface area contributed by atoms with E-state index in [4.69, 9.17) is 14.2 Å². The lowest BCUT2D eigenvalue weighted by molar-refractivity contribution is -0.123. The molecule has 0 spiro atoms. The molecule has 8 nitrogen and oxygen atoms in total. The van der Waals surface area contributed by atoms with E-state index >= 15 is 0 Å². The van der Waals surface area contributed by atoms with Crippen LogP contribution in [0.4, 0.5) is 4.79 Å². The van der Waals surface area contributed by atoms with Gasteiger partial charge in [-0.3, -0.25) is 10.1 Å². The van der Waals surface area contributed by atoms with Crippen LogP contribution in [0.1, 0.15) is 15.9 Å². The van der Waals surface area contributed by atoms with Crippen LogP contribution in [0.2, 0.25) is 0 Å². The van der Waals surface area contributed by atoms with Gasteiger partial charge in [0.05, 0.1) is 14.2 Å². The number of ether oxygens (including phenoxy) is 3. The Kier molecular flexibility index (Phi) is 7.18. The first-order valence-corrected chi connectivity index (χ1v) is 8.05. The van der Waals surface area contributed by atoms with Gasteiger partial charge >= 0.3 is 12.0 Å². The molecule has 2 N–H and O–H groups in total. The number of hydrogen-bond donors (Lipinski definition) is 2. The van der Waals surface area contributed by atoms with Crippen LogP contribution in [0.15, 0.2) is 48.5 Å². The third-order valence-electron chi connectivity index (χ3n) is 3.52. The van der Waals surface area contributed by atoms with Gasteiger partial charge in [0.15, 0.2) is 6.61 Å². The fourth-order valence-corrected chi connectivity index (χ4v) is 2.24. The van der Waals surface area contributed by atoms with Crippen LogP contribution in [0.5, 0.6) is 11.5 Å². The minimum absolute atomic E-state index is 0.0591. The number of carbonyl (C=O) groups excluding carboxylic acids is 3. The summed E-state index contributed by atoms with van der Waals surface area (Å²) < 4.78 is 15.2. The van der Waals surface area contributed by atoms with E-state index in [9.17, 15) is 14.4 Å². The van der Waals surface area contributed by atoms with E-state index in [1.807, 2.05) is 30.3 Å². The van der Waals surface area contributed by atoms with Crippen LogP contribution in [0.3, 0.4) is 0 Å². The molecule has 2 aromatic rings. The Labute approximate surface area is 156 Å². The van der Waals surface area contributed by atoms with Gasteiger partial charge in [-0.2, -0.15) is 0 Å². The third kappa shape index (κ3) is 5.74. The van der Waals surface area contributed by atoms with Gasteiger partial charge in [0, 0.05) is 6.54 Å². The zero-order valence-corrected chi connectivity index (χ0v) is 15.0. The molecule has 0 aliphatic heterocycles. The van der Waals surface area contributed by atoms with Crippen molar-refractivity contribution in [3.8, 4) is 11.5 Å². The van der Waals surface area contributed by atoms with Crippen molar-refractivity contribution in [2.75, 3.05) is 20.8 Å². The number of hydrogen-bond acceptors (Lipinski definition) is 6. The summed E-state index contributed by atoms with van der Waals surface area (Å²) in [5.41, 5.74) is 0.943. The lowest BCUT2D eigenvalue weighted by Gasteiger charge is -2.12. The summed E-state index contributed by atoms with van der Waals surface area (Å²) in [4.78, 5) is 35.8. The Morgan fingerprint density at radius 2 is 1.52 bits per heavy atom. The zero-order chi connectivity index (χ0) is 19.6. The summed E-state index contributed by atoms with van der Waals surface area (Å²) in [5, 5.41) is 4.62. The first-order valence-electron chi connectivity index (χ1n) is 8.05. The molecule has 27 heavy (non-hydrogen) atoms. The van der Waals surface area contributed by atoms with Crippen molar-refractivity contribution in [1.82, 2.24) is 10.6 Å². The van der Waals surface area contributed by atoms with Crippen molar-refractivity contribution < 1.29 is 28.6 Å². The Morgan fingerprint density at radius 3 is 2.11 bits per heavy atom. The highest BCUT2D eigenvalue weighted by Crippen LogP contribution is 2.28. The second-order valence-corrected chi connectivity index (χ2v) is 5.33. The summed E-state index contributed by atoms with van der Waals surface area (Å²) in [5.74, 6) is -1.06. The van der Waals surface area contributed by atoms with Gasteiger partial charge in [-0.15, -0.1) is 0 Å². The summed E-state index contributed by atoms with van der Waals surface area (Å²) in [6, 6.07) is 13.3. The standard InChI is InChI=1S/C19H20N2O6/c1-25-14-9-6-10-15(26-2)17(14)18(23)27-12-16(22)21-19(24)20-11-13-7-4-3-5-8-13/h3-10H,11-12H2,1-2H3,(H2,20,21,22,24). The summed E-state index contributed by atoms with van der Waals surface area (Å²) in [6.07, 6.45) is 0. The van der Waals surface area contributed by atoms with E-state index in [2.05, 4.69) is 10.6 Å². The lowest BCUT2D eigenvalue weighted by atomic mass is 10.2. The second kappa shape index (κ2) is 9.81. The minimum atomic E-state index is -0.802. The number of carbonyl (C=O) groups is 3. The smallest absolute Gasteiger partial charge is 0.346 e. The highest BCUT2D eigenvalue weighted by Gasteiger charge is 2.21. The molecule has 0 aliphatic carbocycles. The largest absolute Gasteiger partial charge is 0.496 e. The molecule has 0 heterocycles. The number of rotatable bonds is 7. The maximum Gasteiger partial charge on any atom is 0.346 e. The number of urea groups is 1. The van der Waals surface area contributed by atoms with Gasteiger partial charge in [0.1, 0.15) is 17.1 Å². The Hall–Kier alpha value is -3.55. The minimum Gasteiger partial charge on any atom is -0.496 e. The van der Waals surface area contributed by atoms with Crippen LogP contribution in [0, 0.1) is 0 Å². The third-order valence-corrected chi connectivity index (χ3v) is 3.52. The van der Waals surface area contributed by atoms with Crippen LogP contribution < -0.4 is 20.1 Å². The molecule has 142 valence electrons. The predicted octanol–water partition coefficient (Wildman–Crippen LogP) is 1.89. The van der Waals surface area contributed by atoms with Crippen LogP contribution >= 0.6 is 0 Å². The number of esters is 1. The molecule has 0 unspecified atom stereocenters. The maximum atomic E-state index is 12.2. The Morgan fingerprint density at radius 1 is 0.889 bits per heavy atom. The molecule has 2 rings (SSSR count). The molecule has 0 aromatic heterocycles. The number of amides is 3. The highest BCUT2D eigenvalue weighted by molar-refractivity contribution is 5.99. The molecule has 3 amide bonds. The van der Waals surface area contributed by atoms with E-state index in [-0.39, 0.29) is 23.6 Å².